The second-order valence-electron chi connectivity index (χ2n) is 6.10. The fourth-order valence-corrected chi connectivity index (χ4v) is 3.79. The van der Waals surface area contributed by atoms with Gasteiger partial charge in [0.1, 0.15) is 0 Å². The molecule has 0 unspecified atom stereocenters. The molecule has 0 radical (unpaired) electrons. The van der Waals surface area contributed by atoms with E-state index in [1.165, 1.54) is 0 Å². The highest BCUT2D eigenvalue weighted by molar-refractivity contribution is 5.90. The van der Waals surface area contributed by atoms with Crippen molar-refractivity contribution >= 4 is 5.78 Å². The second-order valence-corrected chi connectivity index (χ2v) is 6.10. The number of aliphatic hydroxyl groups is 1. The first-order chi connectivity index (χ1) is 9.03. The minimum Gasteiger partial charge on any atom is -0.392 e. The number of aliphatic hydroxyl groups excluding tert-OH is 1. The zero-order chi connectivity index (χ0) is 14.0. The van der Waals surface area contributed by atoms with Crippen LogP contribution in [0.5, 0.6) is 0 Å². The third-order valence-electron chi connectivity index (χ3n) is 4.92. The summed E-state index contributed by atoms with van der Waals surface area (Å²) in [5, 5.41) is 21.8. The molecule has 1 N–H and O–H groups in total. The zero-order valence-electron chi connectivity index (χ0n) is 11.5. The zero-order valence-corrected chi connectivity index (χ0v) is 11.5. The summed E-state index contributed by atoms with van der Waals surface area (Å²) < 4.78 is 0. The van der Waals surface area contributed by atoms with Gasteiger partial charge in [0.25, 0.3) is 5.54 Å². The van der Waals surface area contributed by atoms with E-state index in [2.05, 4.69) is 6.92 Å². The van der Waals surface area contributed by atoms with Crippen molar-refractivity contribution in [2.45, 2.75) is 69.9 Å². The lowest BCUT2D eigenvalue weighted by atomic mass is 9.66. The van der Waals surface area contributed by atoms with Crippen molar-refractivity contribution in [3.8, 4) is 0 Å². The maximum atomic E-state index is 12.4. The molecule has 0 aromatic rings. The summed E-state index contributed by atoms with van der Waals surface area (Å²) >= 11 is 0. The molecule has 0 aromatic heterocycles. The van der Waals surface area contributed by atoms with E-state index in [0.29, 0.717) is 12.8 Å². The van der Waals surface area contributed by atoms with Crippen LogP contribution in [0.15, 0.2) is 0 Å². The summed E-state index contributed by atoms with van der Waals surface area (Å²) in [4.78, 5) is 23.5. The smallest absolute Gasteiger partial charge is 0.279 e. The fraction of sp³-hybridized carbons (Fsp3) is 0.929. The van der Waals surface area contributed by atoms with Crippen LogP contribution in [0.25, 0.3) is 0 Å². The van der Waals surface area contributed by atoms with Crippen LogP contribution in [-0.2, 0) is 4.79 Å². The Morgan fingerprint density at radius 2 is 2.21 bits per heavy atom. The van der Waals surface area contributed by atoms with Crippen molar-refractivity contribution in [1.29, 1.82) is 0 Å². The van der Waals surface area contributed by atoms with Crippen LogP contribution in [0, 0.1) is 22.0 Å². The highest BCUT2D eigenvalue weighted by Gasteiger charge is 2.60. The lowest BCUT2D eigenvalue weighted by Gasteiger charge is -2.39. The Balaban J connectivity index is 2.29. The maximum Gasteiger partial charge on any atom is 0.279 e. The number of hydrogen-bond acceptors (Lipinski definition) is 4. The van der Waals surface area contributed by atoms with Crippen LogP contribution in [0.2, 0.25) is 0 Å². The van der Waals surface area contributed by atoms with Gasteiger partial charge < -0.3 is 5.11 Å². The molecular formula is C14H23NO4. The van der Waals surface area contributed by atoms with Gasteiger partial charge in [0.2, 0.25) is 5.78 Å². The van der Waals surface area contributed by atoms with Crippen molar-refractivity contribution < 1.29 is 14.8 Å². The molecule has 108 valence electrons. The molecule has 2 rings (SSSR count). The molecule has 2 aliphatic carbocycles. The summed E-state index contributed by atoms with van der Waals surface area (Å²) in [5.41, 5.74) is -1.40. The molecule has 0 aromatic carbocycles. The van der Waals surface area contributed by atoms with Crippen molar-refractivity contribution in [1.82, 2.24) is 0 Å². The molecule has 2 fully saturated rings. The summed E-state index contributed by atoms with van der Waals surface area (Å²) in [5.74, 6) is -0.912. The van der Waals surface area contributed by atoms with E-state index in [1.54, 1.807) is 0 Å². The van der Waals surface area contributed by atoms with Gasteiger partial charge in [-0.2, -0.15) is 0 Å². The first-order valence-electron chi connectivity index (χ1n) is 7.40. The Morgan fingerprint density at radius 3 is 2.84 bits per heavy atom. The molecule has 0 saturated heterocycles. The third kappa shape index (κ3) is 2.40. The van der Waals surface area contributed by atoms with Crippen LogP contribution in [0.3, 0.4) is 0 Å². The number of ketones is 1. The Morgan fingerprint density at radius 1 is 1.47 bits per heavy atom. The van der Waals surface area contributed by atoms with E-state index in [-0.39, 0.29) is 23.0 Å². The van der Waals surface area contributed by atoms with Gasteiger partial charge in [0, 0.05) is 17.8 Å². The summed E-state index contributed by atoms with van der Waals surface area (Å²) in [7, 11) is 0. The lowest BCUT2D eigenvalue weighted by molar-refractivity contribution is -0.558. The number of rotatable bonds is 4. The lowest BCUT2D eigenvalue weighted by Crippen LogP contribution is -2.58. The van der Waals surface area contributed by atoms with E-state index in [4.69, 9.17) is 0 Å². The molecular weight excluding hydrogens is 246 g/mol. The van der Waals surface area contributed by atoms with Crippen molar-refractivity contribution in [2.24, 2.45) is 11.8 Å². The Kier molecular flexibility index (Phi) is 4.23. The number of unbranched alkanes of at least 4 members (excludes halogenated alkanes) is 1. The highest BCUT2D eigenvalue weighted by Crippen LogP contribution is 2.44. The van der Waals surface area contributed by atoms with Crippen molar-refractivity contribution in [3.63, 3.8) is 0 Å². The summed E-state index contributed by atoms with van der Waals surface area (Å²) in [6.07, 6.45) is 4.80. The van der Waals surface area contributed by atoms with Crippen LogP contribution >= 0.6 is 0 Å². The molecule has 4 atom stereocenters. The summed E-state index contributed by atoms with van der Waals surface area (Å²) in [6, 6.07) is 0. The number of Topliss-reactive ketones (excluding diaryl/α,β-unsaturated/α-hetero) is 1. The van der Waals surface area contributed by atoms with Gasteiger partial charge in [-0.3, -0.25) is 14.9 Å². The first kappa shape index (κ1) is 14.4. The molecule has 2 saturated carbocycles. The Hall–Kier alpha value is -0.970. The molecule has 2 bridgehead atoms. The maximum absolute atomic E-state index is 12.4. The number of nitrogens with zero attached hydrogens (tertiary/aromatic N) is 1. The third-order valence-corrected chi connectivity index (χ3v) is 4.92. The predicted molar refractivity (Wildman–Crippen MR) is 70.3 cm³/mol. The highest BCUT2D eigenvalue weighted by atomic mass is 16.6. The number of nitro groups is 1. The summed E-state index contributed by atoms with van der Waals surface area (Å²) in [6.45, 7) is 2.07. The van der Waals surface area contributed by atoms with E-state index in [0.717, 1.165) is 32.1 Å². The van der Waals surface area contributed by atoms with Gasteiger partial charge in [-0.15, -0.1) is 0 Å². The SMILES string of the molecule is CCCC[C@@H]1C[C@@]2([N+](=O)[O-])CCCC[C@@H](C2=O)[C@H]1O. The van der Waals surface area contributed by atoms with Gasteiger partial charge in [0.15, 0.2) is 0 Å². The second kappa shape index (κ2) is 5.57. The van der Waals surface area contributed by atoms with E-state index in [9.17, 15) is 20.0 Å². The molecule has 5 nitrogen and oxygen atoms in total. The monoisotopic (exact) mass is 269 g/mol. The normalized spacial score (nSPS) is 38.8. The van der Waals surface area contributed by atoms with Crippen LogP contribution < -0.4 is 0 Å². The van der Waals surface area contributed by atoms with Gasteiger partial charge >= 0.3 is 0 Å². The average molecular weight is 269 g/mol. The standard InChI is InChI=1S/C14H23NO4/c1-2-3-6-10-9-14(15(18)19)8-5-4-7-11(12(10)16)13(14)17/h10-12,16H,2-9H2,1H3/t10-,11-,12+,14+/m1/s1. The minimum atomic E-state index is -1.40. The number of carbonyl (C=O) groups is 1. The topological polar surface area (TPSA) is 80.4 Å². The fourth-order valence-electron chi connectivity index (χ4n) is 3.79. The predicted octanol–water partition coefficient (Wildman–Crippen LogP) is 2.33. The molecule has 2 aliphatic rings. The molecule has 19 heavy (non-hydrogen) atoms. The Bertz CT molecular complexity index is 370. The minimum absolute atomic E-state index is 0.0915. The van der Waals surface area contributed by atoms with E-state index in [1.807, 2.05) is 0 Å². The van der Waals surface area contributed by atoms with Crippen molar-refractivity contribution in [2.75, 3.05) is 0 Å². The van der Waals surface area contributed by atoms with E-state index < -0.39 is 17.6 Å². The van der Waals surface area contributed by atoms with Crippen molar-refractivity contribution in [3.05, 3.63) is 10.1 Å². The largest absolute Gasteiger partial charge is 0.392 e. The van der Waals surface area contributed by atoms with Gasteiger partial charge in [0.05, 0.1) is 12.0 Å². The van der Waals surface area contributed by atoms with Crippen LogP contribution in [0.1, 0.15) is 58.3 Å². The molecule has 5 heteroatoms. The molecule has 0 amide bonds. The van der Waals surface area contributed by atoms with E-state index >= 15 is 0 Å². The quantitative estimate of drug-likeness (QED) is 0.627. The number of fused-ring (bicyclic) bond motifs is 2. The molecule has 0 spiro atoms. The first-order valence-corrected chi connectivity index (χ1v) is 7.40. The average Bonchev–Trinajstić information content (AvgIpc) is 2.49. The molecule has 0 aliphatic heterocycles. The van der Waals surface area contributed by atoms with Gasteiger partial charge in [-0.05, 0) is 25.2 Å². The Labute approximate surface area is 113 Å². The van der Waals surface area contributed by atoms with Crippen LogP contribution in [0.4, 0.5) is 0 Å². The van der Waals surface area contributed by atoms with Gasteiger partial charge in [-0.1, -0.05) is 26.2 Å². The van der Waals surface area contributed by atoms with Crippen LogP contribution in [-0.4, -0.2) is 27.5 Å². The molecule has 0 heterocycles. The number of carbonyl (C=O) groups excluding carboxylic acids is 1. The van der Waals surface area contributed by atoms with Gasteiger partial charge in [-0.25, -0.2) is 0 Å². The number of hydrogen-bond donors (Lipinski definition) is 1.